The van der Waals surface area contributed by atoms with E-state index in [1.54, 1.807) is 0 Å². The molecule has 1 heterocycles. The second kappa shape index (κ2) is 4.56. The van der Waals surface area contributed by atoms with Gasteiger partial charge in [-0.1, -0.05) is 0 Å². The highest BCUT2D eigenvalue weighted by molar-refractivity contribution is 6.11. The zero-order valence-electron chi connectivity index (χ0n) is 7.39. The third kappa shape index (κ3) is 2.08. The lowest BCUT2D eigenvalue weighted by Crippen LogP contribution is -2.61. The van der Waals surface area contributed by atoms with E-state index in [4.69, 9.17) is 22.8 Å². The van der Waals surface area contributed by atoms with Gasteiger partial charge in [-0.25, -0.2) is 0 Å². The van der Waals surface area contributed by atoms with Gasteiger partial charge in [-0.3, -0.25) is 0 Å². The summed E-state index contributed by atoms with van der Waals surface area (Å²) in [5.41, 5.74) is 0. The highest BCUT2D eigenvalue weighted by Gasteiger charge is 2.44. The van der Waals surface area contributed by atoms with E-state index in [0.717, 1.165) is 0 Å². The van der Waals surface area contributed by atoms with Crippen molar-refractivity contribution in [2.24, 2.45) is 0 Å². The Morgan fingerprint density at radius 3 is 2.14 bits per heavy atom. The van der Waals surface area contributed by atoms with Crippen LogP contribution in [0.5, 0.6) is 0 Å². The number of ether oxygens (including phenoxy) is 1. The molecular weight excluding hydrogens is 191 g/mol. The van der Waals surface area contributed by atoms with E-state index in [0.29, 0.717) is 0 Å². The molecule has 6 nitrogen and oxygen atoms in total. The highest BCUT2D eigenvalue weighted by Crippen LogP contribution is 2.22. The Labute approximate surface area is 82.2 Å². The predicted octanol–water partition coefficient (Wildman–Crippen LogP) is -3.68. The summed E-state index contributed by atoms with van der Waals surface area (Å²) in [5, 5.41) is 45.7. The van der Waals surface area contributed by atoms with Gasteiger partial charge in [0, 0.05) is 6.00 Å². The van der Waals surface area contributed by atoms with Crippen LogP contribution in [0.3, 0.4) is 0 Å². The topological polar surface area (TPSA) is 110 Å². The summed E-state index contributed by atoms with van der Waals surface area (Å²) in [7, 11) is 5.08. The fourth-order valence-electron chi connectivity index (χ4n) is 1.41. The molecule has 0 aromatic rings. The molecule has 80 valence electrons. The van der Waals surface area contributed by atoms with Crippen molar-refractivity contribution >= 4 is 7.85 Å². The molecule has 0 spiro atoms. The minimum atomic E-state index is -1.50. The molecular formula is C7H13BO6. The molecule has 0 aliphatic carbocycles. The average molecular weight is 204 g/mol. The van der Waals surface area contributed by atoms with Crippen LogP contribution in [-0.4, -0.2) is 76.5 Å². The summed E-state index contributed by atoms with van der Waals surface area (Å²) in [6, 6.07) is -1.49. The van der Waals surface area contributed by atoms with Crippen molar-refractivity contribution in [2.45, 2.75) is 36.5 Å². The van der Waals surface area contributed by atoms with Crippen LogP contribution in [0.4, 0.5) is 0 Å². The SMILES string of the molecule is [B]C(O)[C@H]1OC(CO)[C@H](O)C(O)C1O. The Morgan fingerprint density at radius 2 is 1.71 bits per heavy atom. The highest BCUT2D eigenvalue weighted by atomic mass is 16.6. The van der Waals surface area contributed by atoms with Crippen LogP contribution in [-0.2, 0) is 4.74 Å². The molecule has 1 saturated heterocycles. The van der Waals surface area contributed by atoms with Crippen molar-refractivity contribution in [1.29, 1.82) is 0 Å². The van der Waals surface area contributed by atoms with Crippen molar-refractivity contribution in [3.63, 3.8) is 0 Å². The van der Waals surface area contributed by atoms with Gasteiger partial charge in [0.15, 0.2) is 0 Å². The third-order valence-corrected chi connectivity index (χ3v) is 2.27. The summed E-state index contributed by atoms with van der Waals surface area (Å²) in [6.07, 6.45) is -6.65. The molecule has 2 radical (unpaired) electrons. The Hall–Kier alpha value is -0.175. The van der Waals surface area contributed by atoms with Crippen LogP contribution in [0.2, 0.25) is 0 Å². The first-order valence-electron chi connectivity index (χ1n) is 4.23. The maximum Gasteiger partial charge on any atom is 0.112 e. The van der Waals surface area contributed by atoms with Crippen LogP contribution in [0.15, 0.2) is 0 Å². The smallest absolute Gasteiger partial charge is 0.112 e. The molecule has 0 bridgehead atoms. The standard InChI is InChI=1S/C7H13BO6/c8-7(13)6-5(12)4(11)3(10)2(1-9)14-6/h2-7,9-13H,1H2/t2?,3-,4?,5?,6-,7?/m0/s1. The predicted molar refractivity (Wildman–Crippen MR) is 45.5 cm³/mol. The second-order valence-corrected chi connectivity index (χ2v) is 3.28. The van der Waals surface area contributed by atoms with Crippen LogP contribution in [0.25, 0.3) is 0 Å². The fourth-order valence-corrected chi connectivity index (χ4v) is 1.41. The Bertz CT molecular complexity index is 187. The van der Waals surface area contributed by atoms with Gasteiger partial charge in [-0.2, -0.15) is 0 Å². The minimum absolute atomic E-state index is 0.534. The molecule has 5 N–H and O–H groups in total. The number of aliphatic hydroxyl groups excluding tert-OH is 5. The van der Waals surface area contributed by atoms with E-state index >= 15 is 0 Å². The van der Waals surface area contributed by atoms with E-state index in [-0.39, 0.29) is 0 Å². The molecule has 1 aliphatic heterocycles. The van der Waals surface area contributed by atoms with Crippen LogP contribution in [0, 0.1) is 0 Å². The van der Waals surface area contributed by atoms with Crippen molar-refractivity contribution in [3.8, 4) is 0 Å². The molecule has 0 amide bonds. The third-order valence-electron chi connectivity index (χ3n) is 2.27. The van der Waals surface area contributed by atoms with E-state index in [1.807, 2.05) is 0 Å². The molecule has 1 aliphatic rings. The molecule has 1 fully saturated rings. The largest absolute Gasteiger partial charge is 0.400 e. The molecule has 4 unspecified atom stereocenters. The van der Waals surface area contributed by atoms with Crippen LogP contribution >= 0.6 is 0 Å². The average Bonchev–Trinajstić information content (AvgIpc) is 2.14. The zero-order chi connectivity index (χ0) is 10.9. The first-order valence-corrected chi connectivity index (χ1v) is 4.23. The van der Waals surface area contributed by atoms with Gasteiger partial charge in [0.2, 0.25) is 0 Å². The van der Waals surface area contributed by atoms with Crippen LogP contribution in [0.1, 0.15) is 0 Å². The molecule has 0 aromatic heterocycles. The number of hydrogen-bond acceptors (Lipinski definition) is 6. The quantitative estimate of drug-likeness (QED) is 0.296. The van der Waals surface area contributed by atoms with E-state index in [9.17, 15) is 15.3 Å². The number of hydrogen-bond donors (Lipinski definition) is 5. The Balaban J connectivity index is 2.73. The number of rotatable bonds is 2. The van der Waals surface area contributed by atoms with Gasteiger partial charge < -0.3 is 30.3 Å². The molecule has 0 saturated carbocycles. The second-order valence-electron chi connectivity index (χ2n) is 3.28. The first kappa shape index (κ1) is 11.9. The van der Waals surface area contributed by atoms with Crippen molar-refractivity contribution in [2.75, 3.05) is 6.61 Å². The zero-order valence-corrected chi connectivity index (χ0v) is 7.39. The van der Waals surface area contributed by atoms with Crippen LogP contribution < -0.4 is 0 Å². The van der Waals surface area contributed by atoms with Crippen molar-refractivity contribution < 1.29 is 30.3 Å². The first-order chi connectivity index (χ1) is 6.49. The molecule has 6 atom stereocenters. The normalized spacial score (nSPS) is 46.2. The summed E-state index contributed by atoms with van der Waals surface area (Å²) in [6.45, 7) is -0.534. The van der Waals surface area contributed by atoms with Gasteiger partial charge in [0.25, 0.3) is 0 Å². The summed E-state index contributed by atoms with van der Waals surface area (Å²) in [5.74, 6) is 0. The fraction of sp³-hybridized carbons (Fsp3) is 1.00. The monoisotopic (exact) mass is 204 g/mol. The number of aliphatic hydroxyl groups is 5. The lowest BCUT2D eigenvalue weighted by molar-refractivity contribution is -0.240. The van der Waals surface area contributed by atoms with Crippen molar-refractivity contribution in [1.82, 2.24) is 0 Å². The van der Waals surface area contributed by atoms with Gasteiger partial charge in [-0.15, -0.1) is 0 Å². The summed E-state index contributed by atoms with van der Waals surface area (Å²) >= 11 is 0. The molecule has 1 rings (SSSR count). The Kier molecular flexibility index (Phi) is 3.88. The van der Waals surface area contributed by atoms with Gasteiger partial charge in [0.1, 0.15) is 38.4 Å². The molecule has 7 heteroatoms. The van der Waals surface area contributed by atoms with E-state index < -0.39 is 43.1 Å². The summed E-state index contributed by atoms with van der Waals surface area (Å²) in [4.78, 5) is 0. The van der Waals surface area contributed by atoms with Gasteiger partial charge >= 0.3 is 0 Å². The molecule has 14 heavy (non-hydrogen) atoms. The van der Waals surface area contributed by atoms with Gasteiger partial charge in [-0.05, 0) is 0 Å². The van der Waals surface area contributed by atoms with E-state index in [2.05, 4.69) is 0 Å². The maximum atomic E-state index is 9.33. The van der Waals surface area contributed by atoms with Gasteiger partial charge in [0.05, 0.1) is 6.61 Å². The minimum Gasteiger partial charge on any atom is -0.400 e. The Morgan fingerprint density at radius 1 is 1.14 bits per heavy atom. The van der Waals surface area contributed by atoms with E-state index in [1.165, 1.54) is 0 Å². The van der Waals surface area contributed by atoms with Crippen molar-refractivity contribution in [3.05, 3.63) is 0 Å². The maximum absolute atomic E-state index is 9.33. The summed E-state index contributed by atoms with van der Waals surface area (Å²) < 4.78 is 4.91. The lowest BCUT2D eigenvalue weighted by Gasteiger charge is -2.41. The molecule has 0 aromatic carbocycles. The lowest BCUT2D eigenvalue weighted by atomic mass is 9.85.